The molecule has 2 aliphatic heterocycles. The van der Waals surface area contributed by atoms with Crippen molar-refractivity contribution in [2.24, 2.45) is 0 Å². The third-order valence-corrected chi connectivity index (χ3v) is 8.74. The number of phenolic OH excluding ortho intramolecular Hbond substituents is 3. The molecule has 0 amide bonds. The Bertz CT molecular complexity index is 2140. The second-order valence-electron chi connectivity index (χ2n) is 12.4. The van der Waals surface area contributed by atoms with Gasteiger partial charge in [-0.2, -0.15) is 0 Å². The first-order valence-electron chi connectivity index (χ1n) is 15.7. The number of carbonyl (C=O) groups excluding carboxylic acids is 1. The van der Waals surface area contributed by atoms with Gasteiger partial charge in [-0.1, -0.05) is 6.07 Å². The minimum atomic E-state index is -3.54. The zero-order valence-electron chi connectivity index (χ0n) is 27.2. The summed E-state index contributed by atoms with van der Waals surface area (Å²) < 4.78 is 26.8. The van der Waals surface area contributed by atoms with Gasteiger partial charge in [-0.15, -0.1) is 0 Å². The van der Waals surface area contributed by atoms with Crippen LogP contribution in [0.15, 0.2) is 57.9 Å². The number of hydrogen-bond donors (Lipinski definition) is 12. The van der Waals surface area contributed by atoms with Crippen molar-refractivity contribution in [2.45, 2.75) is 67.5 Å². The molecule has 2 aromatic heterocycles. The predicted octanol–water partition coefficient (Wildman–Crippen LogP) is -2.91. The number of fused-ring (bicyclic) bond motifs is 1. The summed E-state index contributed by atoms with van der Waals surface area (Å²) in [4.78, 5) is 42.1. The monoisotopic (exact) mass is 760 g/mol. The third-order valence-electron chi connectivity index (χ3n) is 8.74. The number of pyridine rings is 1. The molecule has 0 radical (unpaired) electrons. The van der Waals surface area contributed by atoms with Crippen LogP contribution >= 0.6 is 0 Å². The van der Waals surface area contributed by atoms with Gasteiger partial charge in [0.25, 0.3) is 0 Å². The number of rotatable bonds is 8. The minimum Gasteiger partial charge on any atom is -0.507 e. The fourth-order valence-electron chi connectivity index (χ4n) is 5.81. The Morgan fingerprint density at radius 3 is 2.24 bits per heavy atom. The van der Waals surface area contributed by atoms with E-state index in [2.05, 4.69) is 4.98 Å². The van der Waals surface area contributed by atoms with Gasteiger partial charge in [-0.25, -0.2) is 14.6 Å². The fraction of sp³-hybridized carbons (Fsp3) is 0.333. The Hall–Kier alpha value is -5.62. The average Bonchev–Trinajstić information content (AvgIpc) is 3.11. The van der Waals surface area contributed by atoms with Crippen LogP contribution in [0.3, 0.4) is 0 Å². The van der Waals surface area contributed by atoms with Crippen molar-refractivity contribution in [1.82, 2.24) is 4.98 Å². The van der Waals surface area contributed by atoms with Crippen molar-refractivity contribution in [3.8, 4) is 34.3 Å². The van der Waals surface area contributed by atoms with Crippen molar-refractivity contribution in [3.05, 3.63) is 70.0 Å². The SMILES string of the molecule is Nc1ccc(Cc2c(O[C@@H]3O[C@H](C(=O)O[C@@H]4O[C@H](C(=O)O)C(O)(O)[C@H](O)[C@H]4O)[C@@H](O)[C@H](O)[C@H]3O)cc3oc(-c4ccc(O)c(O)c4)cc(=O)c3c2O)cn1. The van der Waals surface area contributed by atoms with Gasteiger partial charge in [0.2, 0.25) is 24.5 Å². The van der Waals surface area contributed by atoms with Crippen molar-refractivity contribution in [2.75, 3.05) is 5.73 Å². The number of phenols is 3. The maximum Gasteiger partial charge on any atom is 0.340 e. The number of aromatic hydroxyl groups is 3. The van der Waals surface area contributed by atoms with Gasteiger partial charge >= 0.3 is 11.9 Å². The lowest BCUT2D eigenvalue weighted by atomic mass is 9.94. The van der Waals surface area contributed by atoms with Gasteiger partial charge in [0, 0.05) is 35.9 Å². The smallest absolute Gasteiger partial charge is 0.340 e. The third kappa shape index (κ3) is 6.93. The highest BCUT2D eigenvalue weighted by Crippen LogP contribution is 2.40. The van der Waals surface area contributed by atoms with Crippen LogP contribution in [0, 0.1) is 0 Å². The Kier molecular flexibility index (Phi) is 10.1. The summed E-state index contributed by atoms with van der Waals surface area (Å²) >= 11 is 0. The van der Waals surface area contributed by atoms with Crippen LogP contribution in [-0.2, 0) is 30.2 Å². The van der Waals surface area contributed by atoms with Crippen LogP contribution in [0.25, 0.3) is 22.3 Å². The lowest BCUT2D eigenvalue weighted by Crippen LogP contribution is -2.69. The summed E-state index contributed by atoms with van der Waals surface area (Å²) in [6.45, 7) is 0. The Morgan fingerprint density at radius 1 is 0.870 bits per heavy atom. The molecule has 2 aliphatic rings. The summed E-state index contributed by atoms with van der Waals surface area (Å²) in [6.07, 6.45) is -20.1. The Morgan fingerprint density at radius 2 is 1.59 bits per heavy atom. The molecule has 54 heavy (non-hydrogen) atoms. The highest BCUT2D eigenvalue weighted by Gasteiger charge is 2.59. The number of aromatic nitrogens is 1. The number of nitrogen functional groups attached to an aromatic ring is 1. The molecule has 21 nitrogen and oxygen atoms in total. The van der Waals surface area contributed by atoms with E-state index in [-0.39, 0.29) is 45.8 Å². The number of carboxylic acid groups (broad SMARTS) is 1. The van der Waals surface area contributed by atoms with Gasteiger partial charge in [-0.3, -0.25) is 4.79 Å². The number of hydrogen-bond acceptors (Lipinski definition) is 20. The van der Waals surface area contributed by atoms with E-state index >= 15 is 0 Å². The molecule has 288 valence electrons. The molecule has 2 aromatic carbocycles. The molecule has 4 heterocycles. The zero-order chi connectivity index (χ0) is 39.4. The highest BCUT2D eigenvalue weighted by atomic mass is 16.8. The molecule has 21 heteroatoms. The normalized spacial score (nSPS) is 28.0. The summed E-state index contributed by atoms with van der Waals surface area (Å²) in [5.74, 6) is -9.31. The largest absolute Gasteiger partial charge is 0.507 e. The quantitative estimate of drug-likeness (QED) is 0.0486. The van der Waals surface area contributed by atoms with E-state index in [1.807, 2.05) is 0 Å². The van der Waals surface area contributed by atoms with Gasteiger partial charge < -0.3 is 85.3 Å². The van der Waals surface area contributed by atoms with Crippen LogP contribution < -0.4 is 15.9 Å². The van der Waals surface area contributed by atoms with E-state index in [0.29, 0.717) is 5.56 Å². The van der Waals surface area contributed by atoms with E-state index in [1.54, 1.807) is 0 Å². The molecule has 0 unspecified atom stereocenters. The first kappa shape index (κ1) is 38.1. The van der Waals surface area contributed by atoms with Crippen molar-refractivity contribution >= 4 is 28.7 Å². The molecule has 6 rings (SSSR count). The number of anilines is 1. The Labute approximate surface area is 300 Å². The number of nitrogens with zero attached hydrogens (tertiary/aromatic N) is 1. The number of aliphatic hydroxyl groups excluding tert-OH is 5. The number of aliphatic carboxylic acids is 1. The van der Waals surface area contributed by atoms with Crippen LogP contribution in [0.5, 0.6) is 23.0 Å². The molecular weight excluding hydrogens is 728 g/mol. The van der Waals surface area contributed by atoms with Crippen molar-refractivity contribution < 1.29 is 89.1 Å². The lowest BCUT2D eigenvalue weighted by Gasteiger charge is -2.43. The van der Waals surface area contributed by atoms with Gasteiger partial charge in [0.15, 0.2) is 23.0 Å². The van der Waals surface area contributed by atoms with Crippen LogP contribution in [0.1, 0.15) is 11.1 Å². The first-order chi connectivity index (χ1) is 25.4. The minimum absolute atomic E-state index is 0.130. The molecule has 4 aromatic rings. The van der Waals surface area contributed by atoms with Crippen molar-refractivity contribution in [3.63, 3.8) is 0 Å². The Balaban J connectivity index is 1.36. The van der Waals surface area contributed by atoms with Crippen LogP contribution in [0.4, 0.5) is 5.82 Å². The first-order valence-corrected chi connectivity index (χ1v) is 15.7. The van der Waals surface area contributed by atoms with E-state index in [0.717, 1.165) is 24.3 Å². The highest BCUT2D eigenvalue weighted by molar-refractivity contribution is 5.88. The number of carboxylic acids is 1. The molecule has 9 atom stereocenters. The zero-order valence-corrected chi connectivity index (χ0v) is 27.2. The van der Waals surface area contributed by atoms with Gasteiger partial charge in [0.05, 0.1) is 0 Å². The lowest BCUT2D eigenvalue weighted by molar-refractivity contribution is -0.372. The second-order valence-corrected chi connectivity index (χ2v) is 12.4. The molecule has 0 aliphatic carbocycles. The maximum atomic E-state index is 13.4. The van der Waals surface area contributed by atoms with E-state index in [9.17, 15) is 70.6 Å². The predicted molar refractivity (Wildman–Crippen MR) is 173 cm³/mol. The van der Waals surface area contributed by atoms with Gasteiger partial charge in [0.1, 0.15) is 64.6 Å². The molecule has 0 spiro atoms. The number of carbonyl (C=O) groups is 2. The van der Waals surface area contributed by atoms with Gasteiger partial charge in [-0.05, 0) is 29.8 Å². The summed E-state index contributed by atoms with van der Waals surface area (Å²) in [7, 11) is 0. The standard InChI is InChI=1S/C33H32N2O19/c34-19-4-1-10(9-35-19)5-12-17(8-18-20(21(12)39)15(38)7-16(50-18)11-2-3-13(36)14(37)6-11)51-31-24(42)22(40)23(41)26(52-31)30(47)54-32-25(43)27(44)33(48,49)28(53-32)29(45)46/h1-4,6-9,22-28,31-32,36-37,39-44,48-49H,5H2,(H2,34,35)(H,45,46)/t22-,23-,24+,25+,26-,27+,28+,31+,32-/m0/s1. The maximum absolute atomic E-state index is 13.4. The topological polar surface area (TPSA) is 363 Å². The van der Waals surface area contributed by atoms with E-state index < -0.39 is 95.7 Å². The van der Waals surface area contributed by atoms with Crippen LogP contribution in [-0.4, -0.2) is 134 Å². The molecular formula is C33H32N2O19. The molecule has 2 saturated heterocycles. The molecule has 13 N–H and O–H groups in total. The molecule has 0 bridgehead atoms. The number of esters is 1. The second kappa shape index (κ2) is 14.3. The summed E-state index contributed by atoms with van der Waals surface area (Å²) in [5.41, 5.74) is 4.99. The summed E-state index contributed by atoms with van der Waals surface area (Å²) in [5, 5.41) is 113. The van der Waals surface area contributed by atoms with Crippen molar-refractivity contribution in [1.29, 1.82) is 0 Å². The average molecular weight is 761 g/mol. The molecule has 2 fully saturated rings. The van der Waals surface area contributed by atoms with Crippen LogP contribution in [0.2, 0.25) is 0 Å². The fourth-order valence-corrected chi connectivity index (χ4v) is 5.81. The van der Waals surface area contributed by atoms with E-state index in [1.165, 1.54) is 24.4 Å². The molecule has 0 saturated carbocycles. The number of nitrogens with two attached hydrogens (primary N) is 1. The number of benzene rings is 2. The summed E-state index contributed by atoms with van der Waals surface area (Å²) in [6, 6.07) is 8.63. The number of ether oxygens (including phenoxy) is 4. The van der Waals surface area contributed by atoms with E-state index in [4.69, 9.17) is 29.1 Å². The number of aliphatic hydroxyl groups is 7.